The fourth-order valence-corrected chi connectivity index (χ4v) is 5.63. The van der Waals surface area contributed by atoms with Gasteiger partial charge in [-0.05, 0) is 78.9 Å². The molecule has 190 valence electrons. The van der Waals surface area contributed by atoms with E-state index in [2.05, 4.69) is 16.6 Å². The van der Waals surface area contributed by atoms with E-state index in [1.165, 1.54) is 18.4 Å². The van der Waals surface area contributed by atoms with Gasteiger partial charge in [-0.15, -0.1) is 0 Å². The van der Waals surface area contributed by atoms with Crippen LogP contribution in [-0.2, 0) is 4.84 Å². The number of hydrogen-bond acceptors (Lipinski definition) is 5. The molecule has 2 heterocycles. The molecule has 1 fully saturated rings. The van der Waals surface area contributed by atoms with Gasteiger partial charge in [0.1, 0.15) is 17.7 Å². The van der Waals surface area contributed by atoms with E-state index >= 15 is 4.39 Å². The lowest BCUT2D eigenvalue weighted by Crippen LogP contribution is -2.53. The van der Waals surface area contributed by atoms with Crippen LogP contribution in [0.25, 0.3) is 0 Å². The Morgan fingerprint density at radius 1 is 1.05 bits per heavy atom. The van der Waals surface area contributed by atoms with Gasteiger partial charge in [0.2, 0.25) is 0 Å². The van der Waals surface area contributed by atoms with Crippen LogP contribution in [0.5, 0.6) is 0 Å². The fraction of sp³-hybridized carbons (Fsp3) is 0.276. The lowest BCUT2D eigenvalue weighted by molar-refractivity contribution is 0.00813. The maximum Gasteiger partial charge on any atom is 0.131 e. The highest BCUT2D eigenvalue weighted by molar-refractivity contribution is 6.30. The average Bonchev–Trinajstić information content (AvgIpc) is 3.38. The Balaban J connectivity index is 1.45. The molecule has 8 heteroatoms. The number of likely N-dealkylation sites (tertiary alicyclic amines) is 1. The Kier molecular flexibility index (Phi) is 6.91. The largest absolute Gasteiger partial charge is 0.395 e. The molecule has 2 unspecified atom stereocenters. The lowest BCUT2D eigenvalue weighted by Gasteiger charge is -2.50. The molecule has 0 saturated carbocycles. The molecule has 3 aromatic carbocycles. The molecule has 2 aliphatic rings. The predicted octanol–water partition coefficient (Wildman–Crippen LogP) is 6.63. The topological polar surface area (TPSA) is 51.5 Å². The van der Waals surface area contributed by atoms with E-state index in [4.69, 9.17) is 16.4 Å². The van der Waals surface area contributed by atoms with Gasteiger partial charge in [-0.2, -0.15) is 5.26 Å². The number of anilines is 1. The van der Waals surface area contributed by atoms with E-state index in [9.17, 15) is 9.65 Å². The van der Waals surface area contributed by atoms with Crippen LogP contribution in [0.2, 0.25) is 5.02 Å². The first-order valence-corrected chi connectivity index (χ1v) is 12.5. The number of halogens is 3. The maximum absolute atomic E-state index is 15.7. The van der Waals surface area contributed by atoms with Crippen molar-refractivity contribution in [2.75, 3.05) is 18.1 Å². The van der Waals surface area contributed by atoms with E-state index in [0.717, 1.165) is 11.1 Å². The lowest BCUT2D eigenvalue weighted by atomic mass is 9.72. The molecule has 5 nitrogen and oxygen atoms in total. The van der Waals surface area contributed by atoms with Crippen LogP contribution in [-0.4, -0.2) is 23.7 Å². The van der Waals surface area contributed by atoms with Gasteiger partial charge in [-0.3, -0.25) is 4.90 Å². The van der Waals surface area contributed by atoms with Crippen molar-refractivity contribution in [1.82, 2.24) is 10.5 Å². The van der Waals surface area contributed by atoms with Gasteiger partial charge in [0.05, 0.1) is 29.6 Å². The fourth-order valence-electron chi connectivity index (χ4n) is 5.50. The molecule has 0 radical (unpaired) electrons. The van der Waals surface area contributed by atoms with Crippen molar-refractivity contribution in [2.45, 2.75) is 31.5 Å². The molecule has 0 aromatic heterocycles. The highest BCUT2D eigenvalue weighted by atomic mass is 35.5. The minimum absolute atomic E-state index is 0.0399. The minimum atomic E-state index is -1.58. The summed E-state index contributed by atoms with van der Waals surface area (Å²) in [5.74, 6) is -1.00. The second-order valence-corrected chi connectivity index (χ2v) is 10.5. The molecule has 0 spiro atoms. The number of benzene rings is 3. The van der Waals surface area contributed by atoms with Gasteiger partial charge >= 0.3 is 0 Å². The van der Waals surface area contributed by atoms with Crippen molar-refractivity contribution in [1.29, 1.82) is 5.26 Å². The van der Waals surface area contributed by atoms with E-state index in [1.54, 1.807) is 37.2 Å². The van der Waals surface area contributed by atoms with E-state index in [-0.39, 0.29) is 12.0 Å². The second kappa shape index (κ2) is 10.1. The Bertz CT molecular complexity index is 1340. The number of nitriles is 1. The second-order valence-electron chi connectivity index (χ2n) is 10.1. The van der Waals surface area contributed by atoms with E-state index in [0.29, 0.717) is 34.9 Å². The molecule has 37 heavy (non-hydrogen) atoms. The third kappa shape index (κ3) is 5.33. The normalized spacial score (nSPS) is 17.7. The van der Waals surface area contributed by atoms with Gasteiger partial charge in [0.15, 0.2) is 0 Å². The first kappa shape index (κ1) is 25.2. The SMILES string of the molecule is CC(C)(F)C(c1cc(F)cc(N2C=CON2)c1)C1CN(C(c2ccc(Cl)cc2)c2cccc(C#N)c2)C1. The van der Waals surface area contributed by atoms with Crippen LogP contribution in [0.4, 0.5) is 14.5 Å². The molecule has 0 amide bonds. The zero-order valence-electron chi connectivity index (χ0n) is 20.5. The maximum atomic E-state index is 15.7. The Labute approximate surface area is 220 Å². The summed E-state index contributed by atoms with van der Waals surface area (Å²) >= 11 is 6.14. The van der Waals surface area contributed by atoms with Crippen LogP contribution < -0.4 is 10.6 Å². The number of alkyl halides is 1. The molecule has 0 bridgehead atoms. The zero-order valence-corrected chi connectivity index (χ0v) is 21.3. The third-order valence-electron chi connectivity index (χ3n) is 7.00. The van der Waals surface area contributed by atoms with Crippen LogP contribution in [0.15, 0.2) is 79.2 Å². The smallest absolute Gasteiger partial charge is 0.131 e. The number of rotatable bonds is 7. The summed E-state index contributed by atoms with van der Waals surface area (Å²) in [4.78, 5) is 7.28. The summed E-state index contributed by atoms with van der Waals surface area (Å²) < 4.78 is 30.4. The van der Waals surface area contributed by atoms with E-state index < -0.39 is 17.4 Å². The summed E-state index contributed by atoms with van der Waals surface area (Å²) in [7, 11) is 0. The van der Waals surface area contributed by atoms with Crippen LogP contribution in [0.3, 0.4) is 0 Å². The van der Waals surface area contributed by atoms with Crippen molar-refractivity contribution < 1.29 is 13.6 Å². The Morgan fingerprint density at radius 2 is 1.81 bits per heavy atom. The summed E-state index contributed by atoms with van der Waals surface area (Å²) in [5, 5.41) is 11.6. The van der Waals surface area contributed by atoms with Gasteiger partial charge in [0, 0.05) is 24.0 Å². The van der Waals surface area contributed by atoms with Gasteiger partial charge in [-0.25, -0.2) is 13.8 Å². The summed E-state index contributed by atoms with van der Waals surface area (Å²) in [5.41, 5.74) is 4.80. The Morgan fingerprint density at radius 3 is 2.46 bits per heavy atom. The highest BCUT2D eigenvalue weighted by Crippen LogP contribution is 2.46. The number of nitrogens with zero attached hydrogens (tertiary/aromatic N) is 3. The van der Waals surface area contributed by atoms with E-state index in [1.807, 2.05) is 42.5 Å². The third-order valence-corrected chi connectivity index (χ3v) is 7.25. The first-order chi connectivity index (χ1) is 17.7. The monoisotopic (exact) mass is 520 g/mol. The van der Waals surface area contributed by atoms with Crippen LogP contribution >= 0.6 is 11.6 Å². The Hall–Kier alpha value is -3.44. The molecule has 3 aromatic rings. The zero-order chi connectivity index (χ0) is 26.2. The first-order valence-electron chi connectivity index (χ1n) is 12.1. The van der Waals surface area contributed by atoms with Crippen LogP contribution in [0.1, 0.15) is 48.1 Å². The van der Waals surface area contributed by atoms with Gasteiger partial charge < -0.3 is 4.84 Å². The van der Waals surface area contributed by atoms with Crippen molar-refractivity contribution >= 4 is 17.3 Å². The predicted molar refractivity (Wildman–Crippen MR) is 140 cm³/mol. The highest BCUT2D eigenvalue weighted by Gasteiger charge is 2.45. The average molecular weight is 521 g/mol. The van der Waals surface area contributed by atoms with Gasteiger partial charge in [0.25, 0.3) is 0 Å². The van der Waals surface area contributed by atoms with Crippen LogP contribution in [0, 0.1) is 23.1 Å². The van der Waals surface area contributed by atoms with Crippen molar-refractivity contribution in [3.63, 3.8) is 0 Å². The summed E-state index contributed by atoms with van der Waals surface area (Å²) in [6.07, 6.45) is 3.08. The minimum Gasteiger partial charge on any atom is -0.395 e. The molecular weight excluding hydrogens is 494 g/mol. The molecule has 5 rings (SSSR count). The number of hydrogen-bond donors (Lipinski definition) is 1. The quantitative estimate of drug-likeness (QED) is 0.379. The number of nitrogens with one attached hydrogen (secondary N) is 1. The van der Waals surface area contributed by atoms with Gasteiger partial charge in [-0.1, -0.05) is 41.5 Å². The standard InChI is InChI=1S/C29H27ClF2N4O/c1-29(2,32)27(22-13-25(31)15-26(14-22)36-10-11-37-34-36)23-17-35(18-23)28(20-6-8-24(30)9-7-20)21-5-3-4-19(12-21)16-33/h3-15,23,27-28,34H,17-18H2,1-2H3. The van der Waals surface area contributed by atoms with Crippen molar-refractivity contribution in [2.24, 2.45) is 5.92 Å². The molecule has 1 saturated heterocycles. The number of hydrazine groups is 1. The molecular formula is C29H27ClF2N4O. The van der Waals surface area contributed by atoms with Crippen molar-refractivity contribution in [3.8, 4) is 6.07 Å². The molecule has 0 aliphatic carbocycles. The summed E-state index contributed by atoms with van der Waals surface area (Å²) in [6.45, 7) is 4.32. The molecule has 2 aliphatic heterocycles. The molecule has 1 N–H and O–H groups in total. The molecule has 2 atom stereocenters. The van der Waals surface area contributed by atoms with Crippen molar-refractivity contribution in [3.05, 3.63) is 112 Å². The summed E-state index contributed by atoms with van der Waals surface area (Å²) in [6, 6.07) is 21.9.